The van der Waals surface area contributed by atoms with Crippen molar-refractivity contribution in [3.8, 4) is 11.5 Å². The molecule has 0 atom stereocenters. The van der Waals surface area contributed by atoms with Crippen LogP contribution in [0.1, 0.15) is 48.9 Å². The summed E-state index contributed by atoms with van der Waals surface area (Å²) in [5, 5.41) is 2.91. The number of rotatable bonds is 9. The molecule has 0 heterocycles. The van der Waals surface area contributed by atoms with E-state index in [-0.39, 0.29) is 5.91 Å². The van der Waals surface area contributed by atoms with Gasteiger partial charge in [-0.15, -0.1) is 0 Å². The Morgan fingerprint density at radius 2 is 1.86 bits per heavy atom. The van der Waals surface area contributed by atoms with Gasteiger partial charge in [0.15, 0.2) is 0 Å². The Labute approximate surface area is 181 Å². The average Bonchev–Trinajstić information content (AvgIpc) is 2.75. The van der Waals surface area contributed by atoms with Crippen LogP contribution < -0.4 is 14.8 Å². The largest absolute Gasteiger partial charge is 0.494 e. The standard InChI is InChI=1S/C24H28BrNO3/c1-2-15-29-23-13-8-19(17-22(23)25)24(27)26-20-9-11-21(12-10-20)28-16-14-18-6-4-3-5-7-18/h2,8-13,17-18H,1,3-7,14-16H2,(H,26,27). The minimum absolute atomic E-state index is 0.174. The van der Waals surface area contributed by atoms with Gasteiger partial charge < -0.3 is 14.8 Å². The predicted molar refractivity (Wildman–Crippen MR) is 121 cm³/mol. The maximum Gasteiger partial charge on any atom is 0.255 e. The van der Waals surface area contributed by atoms with Crippen LogP contribution in [0, 0.1) is 5.92 Å². The first-order valence-corrected chi connectivity index (χ1v) is 11.0. The summed E-state index contributed by atoms with van der Waals surface area (Å²) in [7, 11) is 0. The molecule has 1 N–H and O–H groups in total. The van der Waals surface area contributed by atoms with Crippen LogP contribution in [-0.4, -0.2) is 19.1 Å². The van der Waals surface area contributed by atoms with Crippen LogP contribution in [-0.2, 0) is 0 Å². The lowest BCUT2D eigenvalue weighted by Gasteiger charge is -2.21. The Balaban J connectivity index is 1.49. The average molecular weight is 458 g/mol. The van der Waals surface area contributed by atoms with Gasteiger partial charge in [-0.05, 0) is 70.7 Å². The molecular formula is C24H28BrNO3. The highest BCUT2D eigenvalue weighted by molar-refractivity contribution is 9.10. The van der Waals surface area contributed by atoms with Crippen molar-refractivity contribution in [2.45, 2.75) is 38.5 Å². The summed E-state index contributed by atoms with van der Waals surface area (Å²) in [4.78, 5) is 12.5. The summed E-state index contributed by atoms with van der Waals surface area (Å²) < 4.78 is 12.1. The highest BCUT2D eigenvalue weighted by Gasteiger charge is 2.13. The second kappa shape index (κ2) is 11.1. The summed E-state index contributed by atoms with van der Waals surface area (Å²) in [5.74, 6) is 2.16. The summed E-state index contributed by atoms with van der Waals surface area (Å²) in [6, 6.07) is 12.8. The van der Waals surface area contributed by atoms with Gasteiger partial charge in [0.05, 0.1) is 11.1 Å². The van der Waals surface area contributed by atoms with E-state index in [0.717, 1.165) is 34.9 Å². The zero-order valence-corrected chi connectivity index (χ0v) is 18.2. The Kier molecular flexibility index (Phi) is 8.17. The predicted octanol–water partition coefficient (Wildman–Crippen LogP) is 6.62. The van der Waals surface area contributed by atoms with E-state index in [9.17, 15) is 4.79 Å². The number of hydrogen-bond donors (Lipinski definition) is 1. The Bertz CT molecular complexity index is 813. The molecule has 5 heteroatoms. The number of amides is 1. The number of ether oxygens (including phenoxy) is 2. The monoisotopic (exact) mass is 457 g/mol. The minimum Gasteiger partial charge on any atom is -0.494 e. The topological polar surface area (TPSA) is 47.6 Å². The molecule has 0 saturated heterocycles. The zero-order chi connectivity index (χ0) is 20.5. The van der Waals surface area contributed by atoms with E-state index in [1.165, 1.54) is 32.1 Å². The van der Waals surface area contributed by atoms with Crippen molar-refractivity contribution in [2.24, 2.45) is 5.92 Å². The first-order valence-electron chi connectivity index (χ1n) is 10.2. The van der Waals surface area contributed by atoms with Crippen LogP contribution in [0.2, 0.25) is 0 Å². The van der Waals surface area contributed by atoms with Crippen LogP contribution >= 0.6 is 15.9 Å². The fourth-order valence-corrected chi connectivity index (χ4v) is 4.06. The molecule has 0 unspecified atom stereocenters. The van der Waals surface area contributed by atoms with Gasteiger partial charge in [0.1, 0.15) is 18.1 Å². The van der Waals surface area contributed by atoms with E-state index in [2.05, 4.69) is 27.8 Å². The summed E-state index contributed by atoms with van der Waals surface area (Å²) in [6.07, 6.45) is 9.59. The number of hydrogen-bond acceptors (Lipinski definition) is 3. The molecule has 0 spiro atoms. The summed E-state index contributed by atoms with van der Waals surface area (Å²) in [6.45, 7) is 4.80. The molecule has 4 nitrogen and oxygen atoms in total. The molecule has 1 aliphatic carbocycles. The van der Waals surface area contributed by atoms with Crippen LogP contribution in [0.3, 0.4) is 0 Å². The van der Waals surface area contributed by atoms with E-state index in [0.29, 0.717) is 17.9 Å². The van der Waals surface area contributed by atoms with E-state index in [1.807, 2.05) is 24.3 Å². The first kappa shape index (κ1) is 21.4. The van der Waals surface area contributed by atoms with Crippen LogP contribution in [0.15, 0.2) is 59.6 Å². The normalized spacial score (nSPS) is 14.2. The molecule has 0 bridgehead atoms. The molecule has 1 amide bonds. The number of halogens is 1. The fourth-order valence-electron chi connectivity index (χ4n) is 3.56. The zero-order valence-electron chi connectivity index (χ0n) is 16.7. The van der Waals surface area contributed by atoms with Crippen molar-refractivity contribution in [2.75, 3.05) is 18.5 Å². The fraction of sp³-hybridized carbons (Fsp3) is 0.375. The van der Waals surface area contributed by atoms with Crippen LogP contribution in [0.4, 0.5) is 5.69 Å². The number of nitrogens with one attached hydrogen (secondary N) is 1. The molecule has 1 saturated carbocycles. The van der Waals surface area contributed by atoms with Crippen LogP contribution in [0.5, 0.6) is 11.5 Å². The lowest BCUT2D eigenvalue weighted by Crippen LogP contribution is -2.12. The van der Waals surface area contributed by atoms with Gasteiger partial charge in [0.2, 0.25) is 0 Å². The molecule has 1 aliphatic rings. The Hall–Kier alpha value is -2.27. The number of anilines is 1. The molecule has 3 rings (SSSR count). The van der Waals surface area contributed by atoms with Crippen molar-refractivity contribution in [3.05, 3.63) is 65.2 Å². The van der Waals surface area contributed by atoms with E-state index >= 15 is 0 Å². The van der Waals surface area contributed by atoms with Gasteiger partial charge in [-0.25, -0.2) is 0 Å². The van der Waals surface area contributed by atoms with Crippen molar-refractivity contribution < 1.29 is 14.3 Å². The molecule has 0 aromatic heterocycles. The Morgan fingerprint density at radius 3 is 2.55 bits per heavy atom. The van der Waals surface area contributed by atoms with Gasteiger partial charge in [0.25, 0.3) is 5.91 Å². The molecule has 1 fully saturated rings. The van der Waals surface area contributed by atoms with Gasteiger partial charge in [-0.2, -0.15) is 0 Å². The molecule has 29 heavy (non-hydrogen) atoms. The second-order valence-electron chi connectivity index (χ2n) is 7.36. The van der Waals surface area contributed by atoms with Crippen molar-refractivity contribution >= 4 is 27.5 Å². The third-order valence-corrected chi connectivity index (χ3v) is 5.80. The summed E-state index contributed by atoms with van der Waals surface area (Å²) in [5.41, 5.74) is 1.29. The van der Waals surface area contributed by atoms with E-state index in [4.69, 9.17) is 9.47 Å². The maximum absolute atomic E-state index is 12.5. The SMILES string of the molecule is C=CCOc1ccc(C(=O)Nc2ccc(OCCC3CCCCC3)cc2)cc1Br. The van der Waals surface area contributed by atoms with E-state index in [1.54, 1.807) is 24.3 Å². The third kappa shape index (κ3) is 6.64. The van der Waals surface area contributed by atoms with Gasteiger partial charge >= 0.3 is 0 Å². The molecule has 0 radical (unpaired) electrons. The highest BCUT2D eigenvalue weighted by Crippen LogP contribution is 2.28. The number of benzene rings is 2. The molecule has 2 aromatic rings. The van der Waals surface area contributed by atoms with Crippen molar-refractivity contribution in [1.82, 2.24) is 0 Å². The van der Waals surface area contributed by atoms with Crippen molar-refractivity contribution in [3.63, 3.8) is 0 Å². The molecule has 0 aliphatic heterocycles. The van der Waals surface area contributed by atoms with Gasteiger partial charge in [-0.3, -0.25) is 4.79 Å². The lowest BCUT2D eigenvalue weighted by atomic mass is 9.87. The first-order chi connectivity index (χ1) is 14.2. The molecular weight excluding hydrogens is 430 g/mol. The second-order valence-corrected chi connectivity index (χ2v) is 8.22. The number of carbonyl (C=O) groups is 1. The quantitative estimate of drug-likeness (QED) is 0.430. The smallest absolute Gasteiger partial charge is 0.255 e. The lowest BCUT2D eigenvalue weighted by molar-refractivity contribution is 0.102. The van der Waals surface area contributed by atoms with E-state index < -0.39 is 0 Å². The maximum atomic E-state index is 12.5. The summed E-state index contributed by atoms with van der Waals surface area (Å²) >= 11 is 3.44. The van der Waals surface area contributed by atoms with Crippen LogP contribution in [0.25, 0.3) is 0 Å². The van der Waals surface area contributed by atoms with Crippen molar-refractivity contribution in [1.29, 1.82) is 0 Å². The third-order valence-electron chi connectivity index (χ3n) is 5.18. The molecule has 2 aromatic carbocycles. The van der Waals surface area contributed by atoms with Gasteiger partial charge in [0, 0.05) is 11.3 Å². The Morgan fingerprint density at radius 1 is 1.10 bits per heavy atom. The minimum atomic E-state index is -0.174. The highest BCUT2D eigenvalue weighted by atomic mass is 79.9. The molecule has 154 valence electrons. The van der Waals surface area contributed by atoms with Gasteiger partial charge in [-0.1, -0.05) is 44.8 Å². The number of carbonyl (C=O) groups excluding carboxylic acids is 1.